The van der Waals surface area contributed by atoms with Crippen LogP contribution in [0.4, 0.5) is 5.13 Å². The molecule has 0 aliphatic rings. The molecule has 0 aliphatic carbocycles. The molecule has 1 amide bonds. The van der Waals surface area contributed by atoms with Crippen LogP contribution in [0.2, 0.25) is 5.02 Å². The summed E-state index contributed by atoms with van der Waals surface area (Å²) in [6, 6.07) is 16.9. The molecule has 0 fully saturated rings. The minimum Gasteiger partial charge on any atom is -0.278 e. The number of halogens is 1. The number of para-hydroxylation sites is 1. The molecule has 4 rings (SSSR count). The maximum atomic E-state index is 13.4. The van der Waals surface area contributed by atoms with Crippen molar-refractivity contribution in [2.45, 2.75) is 18.4 Å². The van der Waals surface area contributed by atoms with E-state index in [1.807, 2.05) is 24.3 Å². The third-order valence-electron chi connectivity index (χ3n) is 4.72. The van der Waals surface area contributed by atoms with Crippen molar-refractivity contribution in [3.8, 4) is 0 Å². The summed E-state index contributed by atoms with van der Waals surface area (Å²) in [5, 5.41) is 1.00. The Bertz CT molecular complexity index is 1340. The molecular weight excluding hydrogens is 454 g/mol. The SMILES string of the molecule is CCS(=O)(=O)c1ccc(C(=O)N(Cc2ccccn2)c2nc3c(Cl)cccc3s2)cc1. The highest BCUT2D eigenvalue weighted by Crippen LogP contribution is 2.34. The van der Waals surface area contributed by atoms with Gasteiger partial charge in [0.25, 0.3) is 5.91 Å². The number of amides is 1. The van der Waals surface area contributed by atoms with Gasteiger partial charge in [0.2, 0.25) is 0 Å². The van der Waals surface area contributed by atoms with Gasteiger partial charge in [-0.15, -0.1) is 0 Å². The number of sulfone groups is 1. The molecule has 0 atom stereocenters. The van der Waals surface area contributed by atoms with Crippen molar-refractivity contribution in [3.05, 3.63) is 83.1 Å². The van der Waals surface area contributed by atoms with E-state index in [0.717, 1.165) is 4.70 Å². The second-order valence-corrected chi connectivity index (χ2v) is 10.4. The van der Waals surface area contributed by atoms with E-state index in [4.69, 9.17) is 11.6 Å². The first-order valence-electron chi connectivity index (χ1n) is 9.48. The van der Waals surface area contributed by atoms with Crippen molar-refractivity contribution in [1.82, 2.24) is 9.97 Å². The quantitative estimate of drug-likeness (QED) is 0.396. The minimum atomic E-state index is -3.34. The smallest absolute Gasteiger partial charge is 0.260 e. The highest BCUT2D eigenvalue weighted by molar-refractivity contribution is 7.91. The van der Waals surface area contributed by atoms with Crippen LogP contribution in [0, 0.1) is 0 Å². The predicted octanol–water partition coefficient (Wildman–Crippen LogP) is 4.99. The lowest BCUT2D eigenvalue weighted by Crippen LogP contribution is -2.30. The number of carbonyl (C=O) groups is 1. The van der Waals surface area contributed by atoms with Crippen LogP contribution in [0.5, 0.6) is 0 Å². The van der Waals surface area contributed by atoms with E-state index in [1.165, 1.54) is 40.5 Å². The third kappa shape index (κ3) is 4.46. The molecule has 0 bridgehead atoms. The highest BCUT2D eigenvalue weighted by Gasteiger charge is 2.23. The monoisotopic (exact) mass is 471 g/mol. The molecule has 9 heteroatoms. The molecule has 6 nitrogen and oxygen atoms in total. The van der Waals surface area contributed by atoms with Crippen molar-refractivity contribution >= 4 is 54.0 Å². The van der Waals surface area contributed by atoms with Crippen molar-refractivity contribution in [1.29, 1.82) is 0 Å². The number of thiazole rings is 1. The maximum absolute atomic E-state index is 13.4. The van der Waals surface area contributed by atoms with Crippen LogP contribution < -0.4 is 4.90 Å². The number of rotatable bonds is 6. The number of pyridine rings is 1. The van der Waals surface area contributed by atoms with Crippen LogP contribution in [0.15, 0.2) is 71.8 Å². The number of anilines is 1. The maximum Gasteiger partial charge on any atom is 0.260 e. The zero-order valence-corrected chi connectivity index (χ0v) is 18.9. The Morgan fingerprint density at radius 2 is 1.84 bits per heavy atom. The zero-order chi connectivity index (χ0) is 22.0. The molecule has 31 heavy (non-hydrogen) atoms. The van der Waals surface area contributed by atoms with E-state index >= 15 is 0 Å². The Labute approximate surface area is 189 Å². The van der Waals surface area contributed by atoms with Gasteiger partial charge in [-0.2, -0.15) is 0 Å². The Hall–Kier alpha value is -2.81. The predicted molar refractivity (Wildman–Crippen MR) is 124 cm³/mol. The van der Waals surface area contributed by atoms with Gasteiger partial charge in [0.15, 0.2) is 15.0 Å². The van der Waals surface area contributed by atoms with Gasteiger partial charge in [0.05, 0.1) is 32.6 Å². The Morgan fingerprint density at radius 3 is 2.48 bits per heavy atom. The summed E-state index contributed by atoms with van der Waals surface area (Å²) in [4.78, 5) is 24.1. The Balaban J connectivity index is 1.74. The van der Waals surface area contributed by atoms with Crippen molar-refractivity contribution in [3.63, 3.8) is 0 Å². The fraction of sp³-hybridized carbons (Fsp3) is 0.136. The molecule has 0 saturated carbocycles. The summed E-state index contributed by atoms with van der Waals surface area (Å²) in [5.41, 5.74) is 1.69. The van der Waals surface area contributed by atoms with E-state index in [0.29, 0.717) is 26.9 Å². The lowest BCUT2D eigenvalue weighted by Gasteiger charge is -2.19. The van der Waals surface area contributed by atoms with Gasteiger partial charge < -0.3 is 0 Å². The topological polar surface area (TPSA) is 80.2 Å². The molecule has 0 radical (unpaired) electrons. The molecule has 2 aromatic heterocycles. The number of fused-ring (bicyclic) bond motifs is 1. The van der Waals surface area contributed by atoms with Crippen molar-refractivity contribution in [2.75, 3.05) is 10.7 Å². The van der Waals surface area contributed by atoms with Crippen LogP contribution in [0.25, 0.3) is 10.2 Å². The summed E-state index contributed by atoms with van der Waals surface area (Å²) in [7, 11) is -3.34. The van der Waals surface area contributed by atoms with Crippen LogP contribution >= 0.6 is 22.9 Å². The van der Waals surface area contributed by atoms with Gasteiger partial charge in [-0.25, -0.2) is 13.4 Å². The van der Waals surface area contributed by atoms with Gasteiger partial charge in [0, 0.05) is 11.8 Å². The van der Waals surface area contributed by atoms with Crippen LogP contribution in [-0.4, -0.2) is 30.0 Å². The van der Waals surface area contributed by atoms with Gasteiger partial charge in [-0.05, 0) is 48.5 Å². The van der Waals surface area contributed by atoms with Gasteiger partial charge in [-0.1, -0.05) is 42.0 Å². The first-order chi connectivity index (χ1) is 14.9. The number of carbonyl (C=O) groups excluding carboxylic acids is 1. The lowest BCUT2D eigenvalue weighted by atomic mass is 10.2. The Morgan fingerprint density at radius 1 is 1.06 bits per heavy atom. The largest absolute Gasteiger partial charge is 0.278 e. The molecule has 0 N–H and O–H groups in total. The standard InChI is InChI=1S/C22H18ClN3O3S2/c1-2-31(28,29)17-11-9-15(10-12-17)21(27)26(14-16-6-3-4-13-24-16)22-25-20-18(23)7-5-8-19(20)30-22/h3-13H,2,14H2,1H3. The fourth-order valence-corrected chi connectivity index (χ4v) is 5.17. The molecule has 0 saturated heterocycles. The second-order valence-electron chi connectivity index (χ2n) is 6.72. The van der Waals surface area contributed by atoms with Gasteiger partial charge >= 0.3 is 0 Å². The van der Waals surface area contributed by atoms with Crippen LogP contribution in [-0.2, 0) is 16.4 Å². The Kier molecular flexibility index (Phi) is 6.04. The number of hydrogen-bond acceptors (Lipinski definition) is 6. The van der Waals surface area contributed by atoms with E-state index in [9.17, 15) is 13.2 Å². The number of hydrogen-bond donors (Lipinski definition) is 0. The molecule has 0 aliphatic heterocycles. The molecule has 0 spiro atoms. The fourth-order valence-electron chi connectivity index (χ4n) is 3.03. The first-order valence-corrected chi connectivity index (χ1v) is 12.3. The van der Waals surface area contributed by atoms with Crippen LogP contribution in [0.1, 0.15) is 23.0 Å². The number of aromatic nitrogens is 2. The van der Waals surface area contributed by atoms with E-state index in [-0.39, 0.29) is 23.1 Å². The van der Waals surface area contributed by atoms with Crippen molar-refractivity contribution in [2.24, 2.45) is 0 Å². The average molecular weight is 472 g/mol. The molecule has 0 unspecified atom stereocenters. The lowest BCUT2D eigenvalue weighted by molar-refractivity contribution is 0.0984. The molecule has 2 aromatic carbocycles. The number of nitrogens with zero attached hydrogens (tertiary/aromatic N) is 3. The summed E-state index contributed by atoms with van der Waals surface area (Å²) in [5.74, 6) is -0.306. The third-order valence-corrected chi connectivity index (χ3v) is 7.82. The summed E-state index contributed by atoms with van der Waals surface area (Å²) >= 11 is 7.64. The molecule has 2 heterocycles. The van der Waals surface area contributed by atoms with E-state index in [1.54, 1.807) is 25.3 Å². The van der Waals surface area contributed by atoms with E-state index in [2.05, 4.69) is 9.97 Å². The summed E-state index contributed by atoms with van der Waals surface area (Å²) < 4.78 is 25.0. The second kappa shape index (κ2) is 8.74. The van der Waals surface area contributed by atoms with Gasteiger partial charge in [-0.3, -0.25) is 14.7 Å². The summed E-state index contributed by atoms with van der Waals surface area (Å²) in [6.07, 6.45) is 1.66. The summed E-state index contributed by atoms with van der Waals surface area (Å²) in [6.45, 7) is 1.80. The number of benzene rings is 2. The van der Waals surface area contributed by atoms with E-state index < -0.39 is 9.84 Å². The minimum absolute atomic E-state index is 0.00143. The average Bonchev–Trinajstić information content (AvgIpc) is 3.23. The van der Waals surface area contributed by atoms with Gasteiger partial charge in [0.1, 0.15) is 5.52 Å². The normalized spacial score (nSPS) is 11.5. The zero-order valence-electron chi connectivity index (χ0n) is 16.5. The molecular formula is C22H18ClN3O3S2. The highest BCUT2D eigenvalue weighted by atomic mass is 35.5. The van der Waals surface area contributed by atoms with Crippen LogP contribution in [0.3, 0.4) is 0 Å². The molecule has 158 valence electrons. The first kappa shape index (κ1) is 21.4. The van der Waals surface area contributed by atoms with Crippen molar-refractivity contribution < 1.29 is 13.2 Å². The molecule has 4 aromatic rings.